The maximum atomic E-state index is 11.9. The van der Waals surface area contributed by atoms with Gasteiger partial charge in [-0.15, -0.1) is 0 Å². The number of carbonyl (C=O) groups is 1. The second-order valence-electron chi connectivity index (χ2n) is 3.69. The molecule has 1 amide bonds. The van der Waals surface area contributed by atoms with E-state index in [9.17, 15) is 9.59 Å². The third kappa shape index (κ3) is 2.30. The molecule has 2 N–H and O–H groups in total. The molecule has 0 bridgehead atoms. The molecule has 1 rings (SSSR count). The van der Waals surface area contributed by atoms with Crippen LogP contribution in [0.1, 0.15) is 21.6 Å². The Balaban J connectivity index is 3.19. The van der Waals surface area contributed by atoms with Gasteiger partial charge in [-0.2, -0.15) is 0 Å². The Hall–Kier alpha value is -1.62. The summed E-state index contributed by atoms with van der Waals surface area (Å²) in [6.07, 6.45) is 0. The molecule has 0 aliphatic rings. The summed E-state index contributed by atoms with van der Waals surface area (Å²) in [5.41, 5.74) is 1.28. The van der Waals surface area contributed by atoms with Gasteiger partial charge in [0.25, 0.3) is 11.5 Å². The number of aliphatic hydroxyl groups is 1. The first-order valence-electron chi connectivity index (χ1n) is 5.05. The zero-order valence-electron chi connectivity index (χ0n) is 9.70. The van der Waals surface area contributed by atoms with Crippen molar-refractivity contribution in [1.82, 2.24) is 9.88 Å². The SMILES string of the molecule is Cc1cc(C)n(C)c(=O)c1C(=O)NCCO. The Morgan fingerprint density at radius 3 is 2.69 bits per heavy atom. The van der Waals surface area contributed by atoms with E-state index in [1.807, 2.05) is 6.92 Å². The number of hydrogen-bond acceptors (Lipinski definition) is 3. The number of aryl methyl sites for hydroxylation is 2. The number of pyridine rings is 1. The van der Waals surface area contributed by atoms with E-state index in [1.165, 1.54) is 4.57 Å². The molecule has 0 saturated heterocycles. The van der Waals surface area contributed by atoms with Crippen molar-refractivity contribution in [3.63, 3.8) is 0 Å². The highest BCUT2D eigenvalue weighted by atomic mass is 16.3. The highest BCUT2D eigenvalue weighted by molar-refractivity contribution is 5.95. The number of aromatic nitrogens is 1. The molecule has 0 spiro atoms. The molecular weight excluding hydrogens is 208 g/mol. The van der Waals surface area contributed by atoms with E-state index >= 15 is 0 Å². The van der Waals surface area contributed by atoms with Crippen LogP contribution in [0, 0.1) is 13.8 Å². The topological polar surface area (TPSA) is 71.3 Å². The zero-order chi connectivity index (χ0) is 12.3. The fraction of sp³-hybridized carbons (Fsp3) is 0.455. The van der Waals surface area contributed by atoms with Gasteiger partial charge in [-0.3, -0.25) is 9.59 Å². The first-order chi connectivity index (χ1) is 7.49. The average Bonchev–Trinajstić information content (AvgIpc) is 2.23. The maximum absolute atomic E-state index is 11.9. The summed E-state index contributed by atoms with van der Waals surface area (Å²) in [6.45, 7) is 3.54. The Morgan fingerprint density at radius 1 is 1.50 bits per heavy atom. The highest BCUT2D eigenvalue weighted by Gasteiger charge is 2.15. The van der Waals surface area contributed by atoms with E-state index in [0.29, 0.717) is 5.56 Å². The van der Waals surface area contributed by atoms with E-state index in [0.717, 1.165) is 5.69 Å². The van der Waals surface area contributed by atoms with E-state index in [2.05, 4.69) is 5.32 Å². The van der Waals surface area contributed by atoms with Gasteiger partial charge in [-0.05, 0) is 25.5 Å². The van der Waals surface area contributed by atoms with Gasteiger partial charge in [0.05, 0.1) is 6.61 Å². The van der Waals surface area contributed by atoms with Crippen LogP contribution in [0.2, 0.25) is 0 Å². The molecule has 1 aromatic rings. The quantitative estimate of drug-likeness (QED) is 0.742. The summed E-state index contributed by atoms with van der Waals surface area (Å²) in [5.74, 6) is -0.438. The minimum absolute atomic E-state index is 0.140. The molecule has 0 saturated carbocycles. The summed E-state index contributed by atoms with van der Waals surface area (Å²) in [6, 6.07) is 1.79. The fourth-order valence-electron chi connectivity index (χ4n) is 1.51. The number of aliphatic hydroxyl groups excluding tert-OH is 1. The van der Waals surface area contributed by atoms with Crippen molar-refractivity contribution in [2.24, 2.45) is 7.05 Å². The van der Waals surface area contributed by atoms with Gasteiger partial charge in [0.15, 0.2) is 0 Å². The van der Waals surface area contributed by atoms with Gasteiger partial charge in [-0.25, -0.2) is 0 Å². The van der Waals surface area contributed by atoms with Gasteiger partial charge in [0.2, 0.25) is 0 Å². The van der Waals surface area contributed by atoms with Crippen LogP contribution in [0.25, 0.3) is 0 Å². The zero-order valence-corrected chi connectivity index (χ0v) is 9.70. The van der Waals surface area contributed by atoms with Crippen molar-refractivity contribution in [2.45, 2.75) is 13.8 Å². The number of amides is 1. The van der Waals surface area contributed by atoms with Crippen molar-refractivity contribution >= 4 is 5.91 Å². The molecule has 1 heterocycles. The predicted molar refractivity (Wildman–Crippen MR) is 60.6 cm³/mol. The van der Waals surface area contributed by atoms with Gasteiger partial charge < -0.3 is 15.0 Å². The lowest BCUT2D eigenvalue weighted by atomic mass is 10.1. The lowest BCUT2D eigenvalue weighted by Crippen LogP contribution is -2.35. The lowest BCUT2D eigenvalue weighted by molar-refractivity contribution is 0.0942. The summed E-state index contributed by atoms with van der Waals surface area (Å²) in [5, 5.41) is 11.1. The van der Waals surface area contributed by atoms with Gasteiger partial charge in [0.1, 0.15) is 5.56 Å². The Kier molecular flexibility index (Phi) is 3.84. The summed E-state index contributed by atoms with van der Waals surface area (Å²) < 4.78 is 1.43. The van der Waals surface area contributed by atoms with Gasteiger partial charge in [-0.1, -0.05) is 0 Å². The van der Waals surface area contributed by atoms with Crippen LogP contribution in [0.3, 0.4) is 0 Å². The molecule has 5 nitrogen and oxygen atoms in total. The van der Waals surface area contributed by atoms with Crippen molar-refractivity contribution in [1.29, 1.82) is 0 Å². The third-order valence-corrected chi connectivity index (χ3v) is 2.49. The number of carbonyl (C=O) groups excluding carboxylic acids is 1. The molecular formula is C11H16N2O3. The largest absolute Gasteiger partial charge is 0.395 e. The van der Waals surface area contributed by atoms with Crippen LogP contribution in [-0.4, -0.2) is 28.7 Å². The summed E-state index contributed by atoms with van der Waals surface area (Å²) >= 11 is 0. The first kappa shape index (κ1) is 12.4. The minimum atomic E-state index is -0.438. The van der Waals surface area contributed by atoms with Crippen LogP contribution < -0.4 is 10.9 Å². The van der Waals surface area contributed by atoms with E-state index < -0.39 is 5.91 Å². The Bertz CT molecular complexity index is 463. The number of nitrogens with one attached hydrogen (secondary N) is 1. The molecule has 1 aromatic heterocycles. The second kappa shape index (κ2) is 4.94. The fourth-order valence-corrected chi connectivity index (χ4v) is 1.51. The number of hydrogen-bond donors (Lipinski definition) is 2. The third-order valence-electron chi connectivity index (χ3n) is 2.49. The van der Waals surface area contributed by atoms with Crippen LogP contribution in [0.5, 0.6) is 0 Å². The molecule has 5 heteroatoms. The number of nitrogens with zero attached hydrogens (tertiary/aromatic N) is 1. The normalized spacial score (nSPS) is 10.2. The summed E-state index contributed by atoms with van der Waals surface area (Å²) in [4.78, 5) is 23.5. The standard InChI is InChI=1S/C11H16N2O3/c1-7-6-8(2)13(3)11(16)9(7)10(15)12-4-5-14/h6,14H,4-5H2,1-3H3,(H,12,15). The van der Waals surface area contributed by atoms with Gasteiger partial charge >= 0.3 is 0 Å². The number of rotatable bonds is 3. The smallest absolute Gasteiger partial charge is 0.263 e. The molecule has 0 fully saturated rings. The van der Waals surface area contributed by atoms with E-state index in [1.54, 1.807) is 20.0 Å². The molecule has 0 aromatic carbocycles. The van der Waals surface area contributed by atoms with Crippen molar-refractivity contribution in [3.05, 3.63) is 33.2 Å². The first-order valence-corrected chi connectivity index (χ1v) is 5.05. The molecule has 88 valence electrons. The molecule has 0 radical (unpaired) electrons. The lowest BCUT2D eigenvalue weighted by Gasteiger charge is -2.10. The molecule has 0 aliphatic heterocycles. The molecule has 0 atom stereocenters. The van der Waals surface area contributed by atoms with Crippen LogP contribution in [-0.2, 0) is 7.05 Å². The molecule has 0 aliphatic carbocycles. The maximum Gasteiger partial charge on any atom is 0.263 e. The van der Waals surface area contributed by atoms with Crippen molar-refractivity contribution < 1.29 is 9.90 Å². The van der Waals surface area contributed by atoms with Crippen LogP contribution in [0.4, 0.5) is 0 Å². The Morgan fingerprint density at radius 2 is 2.12 bits per heavy atom. The molecule has 0 unspecified atom stereocenters. The molecule has 16 heavy (non-hydrogen) atoms. The van der Waals surface area contributed by atoms with Crippen molar-refractivity contribution in [2.75, 3.05) is 13.2 Å². The van der Waals surface area contributed by atoms with Crippen molar-refractivity contribution in [3.8, 4) is 0 Å². The Labute approximate surface area is 93.7 Å². The van der Waals surface area contributed by atoms with Crippen LogP contribution >= 0.6 is 0 Å². The summed E-state index contributed by atoms with van der Waals surface area (Å²) in [7, 11) is 1.62. The average molecular weight is 224 g/mol. The van der Waals surface area contributed by atoms with E-state index in [-0.39, 0.29) is 24.3 Å². The van der Waals surface area contributed by atoms with Gasteiger partial charge in [0, 0.05) is 19.3 Å². The monoisotopic (exact) mass is 224 g/mol. The second-order valence-corrected chi connectivity index (χ2v) is 3.69. The van der Waals surface area contributed by atoms with E-state index in [4.69, 9.17) is 5.11 Å². The minimum Gasteiger partial charge on any atom is -0.395 e. The predicted octanol–water partition coefficient (Wildman–Crippen LogP) is -0.276. The highest BCUT2D eigenvalue weighted by Crippen LogP contribution is 2.04. The van der Waals surface area contributed by atoms with Crippen LogP contribution in [0.15, 0.2) is 10.9 Å².